The van der Waals surface area contributed by atoms with Crippen molar-refractivity contribution in [3.05, 3.63) is 0 Å². The maximum atomic E-state index is 6.18. The van der Waals surface area contributed by atoms with Crippen molar-refractivity contribution < 1.29 is 0 Å². The highest BCUT2D eigenvalue weighted by molar-refractivity contribution is 5.15. The van der Waals surface area contributed by atoms with E-state index in [1.807, 2.05) is 0 Å². The van der Waals surface area contributed by atoms with Crippen LogP contribution in [0.15, 0.2) is 0 Å². The summed E-state index contributed by atoms with van der Waals surface area (Å²) in [7, 11) is 0. The highest BCUT2D eigenvalue weighted by Gasteiger charge is 2.62. The van der Waals surface area contributed by atoms with Gasteiger partial charge in [-0.05, 0) is 48.9 Å². The molecule has 1 nitrogen and oxygen atoms in total. The average Bonchev–Trinajstić information content (AvgIpc) is 2.30. The molecule has 5 atom stereocenters. The molecule has 62 valence electrons. The van der Waals surface area contributed by atoms with E-state index in [4.69, 9.17) is 5.73 Å². The first-order valence-electron chi connectivity index (χ1n) is 4.97. The first-order valence-corrected chi connectivity index (χ1v) is 4.97. The molecular formula is C10H17N. The van der Waals surface area contributed by atoms with Gasteiger partial charge in [0.1, 0.15) is 0 Å². The molecule has 0 aromatic heterocycles. The number of rotatable bonds is 0. The van der Waals surface area contributed by atoms with Crippen LogP contribution in [0, 0.1) is 23.2 Å². The summed E-state index contributed by atoms with van der Waals surface area (Å²) in [6.07, 6.45) is 5.85. The lowest BCUT2D eigenvalue weighted by atomic mass is 9.50. The van der Waals surface area contributed by atoms with E-state index in [1.54, 1.807) is 0 Å². The summed E-state index contributed by atoms with van der Waals surface area (Å²) in [4.78, 5) is 0. The second-order valence-electron chi connectivity index (χ2n) is 5.18. The van der Waals surface area contributed by atoms with Crippen molar-refractivity contribution in [2.24, 2.45) is 28.9 Å². The Hall–Kier alpha value is -0.0400. The van der Waals surface area contributed by atoms with Crippen LogP contribution in [-0.2, 0) is 0 Å². The summed E-state index contributed by atoms with van der Waals surface area (Å²) in [5.74, 6) is 3.01. The van der Waals surface area contributed by atoms with Gasteiger partial charge in [0.2, 0.25) is 0 Å². The molecule has 0 spiro atoms. The SMILES string of the molecule is CC12CCC3CC(C1N)C2C3. The zero-order valence-electron chi connectivity index (χ0n) is 7.22. The molecule has 3 rings (SSSR count). The summed E-state index contributed by atoms with van der Waals surface area (Å²) in [6, 6.07) is 0.556. The van der Waals surface area contributed by atoms with Crippen LogP contribution in [0.4, 0.5) is 0 Å². The van der Waals surface area contributed by atoms with Crippen LogP contribution in [0.25, 0.3) is 0 Å². The summed E-state index contributed by atoms with van der Waals surface area (Å²) in [5, 5.41) is 0. The molecule has 0 radical (unpaired) electrons. The highest BCUT2D eigenvalue weighted by atomic mass is 14.8. The van der Waals surface area contributed by atoms with E-state index in [9.17, 15) is 0 Å². The van der Waals surface area contributed by atoms with Crippen molar-refractivity contribution in [1.82, 2.24) is 0 Å². The topological polar surface area (TPSA) is 26.0 Å². The Kier molecular flexibility index (Phi) is 0.976. The molecule has 2 N–H and O–H groups in total. The van der Waals surface area contributed by atoms with Crippen molar-refractivity contribution in [1.29, 1.82) is 0 Å². The summed E-state index contributed by atoms with van der Waals surface area (Å²) in [6.45, 7) is 2.42. The Morgan fingerprint density at radius 1 is 1.36 bits per heavy atom. The van der Waals surface area contributed by atoms with Crippen LogP contribution < -0.4 is 5.73 Å². The van der Waals surface area contributed by atoms with E-state index in [-0.39, 0.29) is 0 Å². The van der Waals surface area contributed by atoms with Crippen LogP contribution in [-0.4, -0.2) is 6.04 Å². The molecule has 3 saturated carbocycles. The lowest BCUT2D eigenvalue weighted by molar-refractivity contribution is -0.0495. The van der Waals surface area contributed by atoms with E-state index < -0.39 is 0 Å². The van der Waals surface area contributed by atoms with E-state index >= 15 is 0 Å². The molecule has 0 heterocycles. The van der Waals surface area contributed by atoms with Gasteiger partial charge in [0.25, 0.3) is 0 Å². The maximum absolute atomic E-state index is 6.18. The molecular weight excluding hydrogens is 134 g/mol. The van der Waals surface area contributed by atoms with Crippen LogP contribution >= 0.6 is 0 Å². The van der Waals surface area contributed by atoms with E-state index in [0.717, 1.165) is 17.8 Å². The number of hydrogen-bond donors (Lipinski definition) is 1. The molecule has 0 aromatic carbocycles. The molecule has 3 fully saturated rings. The summed E-state index contributed by atoms with van der Waals surface area (Å²) >= 11 is 0. The quantitative estimate of drug-likeness (QED) is 0.561. The lowest BCUT2D eigenvalue weighted by Crippen LogP contribution is -2.61. The monoisotopic (exact) mass is 151 g/mol. The standard InChI is InChI=1S/C10H17N/c1-10-3-2-6-4-7(9(10)11)8(10)5-6/h6-9H,2-5,11H2,1H3. The fourth-order valence-electron chi connectivity index (χ4n) is 4.06. The second kappa shape index (κ2) is 1.66. The molecule has 0 saturated heterocycles. The maximum Gasteiger partial charge on any atom is 0.0127 e. The third-order valence-corrected chi connectivity index (χ3v) is 4.87. The van der Waals surface area contributed by atoms with Crippen molar-refractivity contribution in [2.75, 3.05) is 0 Å². The smallest absolute Gasteiger partial charge is 0.0127 e. The third kappa shape index (κ3) is 0.547. The van der Waals surface area contributed by atoms with Gasteiger partial charge in [-0.1, -0.05) is 6.92 Å². The summed E-state index contributed by atoms with van der Waals surface area (Å²) < 4.78 is 0. The predicted molar refractivity (Wildman–Crippen MR) is 45.0 cm³/mol. The molecule has 11 heavy (non-hydrogen) atoms. The number of fused-ring (bicyclic) bond motifs is 1. The average molecular weight is 151 g/mol. The van der Waals surface area contributed by atoms with Crippen LogP contribution in [0.1, 0.15) is 32.6 Å². The van der Waals surface area contributed by atoms with Gasteiger partial charge in [-0.15, -0.1) is 0 Å². The largest absolute Gasteiger partial charge is 0.327 e. The van der Waals surface area contributed by atoms with Crippen LogP contribution in [0.3, 0.4) is 0 Å². The van der Waals surface area contributed by atoms with Gasteiger partial charge < -0.3 is 5.73 Å². The van der Waals surface area contributed by atoms with Gasteiger partial charge in [-0.3, -0.25) is 0 Å². The summed E-state index contributed by atoms with van der Waals surface area (Å²) in [5.41, 5.74) is 6.75. The third-order valence-electron chi connectivity index (χ3n) is 4.87. The second-order valence-corrected chi connectivity index (χ2v) is 5.18. The highest BCUT2D eigenvalue weighted by Crippen LogP contribution is 2.66. The van der Waals surface area contributed by atoms with Crippen molar-refractivity contribution in [2.45, 2.75) is 38.6 Å². The molecule has 2 bridgehead atoms. The molecule has 3 aliphatic rings. The van der Waals surface area contributed by atoms with Crippen molar-refractivity contribution in [3.8, 4) is 0 Å². The van der Waals surface area contributed by atoms with Gasteiger partial charge in [0, 0.05) is 6.04 Å². The fourth-order valence-corrected chi connectivity index (χ4v) is 4.06. The van der Waals surface area contributed by atoms with Crippen LogP contribution in [0.5, 0.6) is 0 Å². The minimum absolute atomic E-state index is 0.556. The molecule has 1 heteroatoms. The van der Waals surface area contributed by atoms with E-state index in [1.165, 1.54) is 25.7 Å². The minimum atomic E-state index is 0.556. The van der Waals surface area contributed by atoms with Crippen molar-refractivity contribution in [3.63, 3.8) is 0 Å². The van der Waals surface area contributed by atoms with E-state index in [0.29, 0.717) is 11.5 Å². The Balaban J connectivity index is 1.99. The lowest BCUT2D eigenvalue weighted by Gasteiger charge is -2.57. The predicted octanol–water partition coefficient (Wildman–Crippen LogP) is 1.77. The number of nitrogens with two attached hydrogens (primary N) is 1. The normalized spacial score (nSPS) is 66.0. The van der Waals surface area contributed by atoms with Gasteiger partial charge in [0.15, 0.2) is 0 Å². The Bertz CT molecular complexity index is 199. The first-order chi connectivity index (χ1) is 5.22. The zero-order valence-corrected chi connectivity index (χ0v) is 7.22. The Labute approximate surface area is 68.3 Å². The molecule has 0 aliphatic heterocycles. The number of hydrogen-bond acceptors (Lipinski definition) is 1. The minimum Gasteiger partial charge on any atom is -0.327 e. The Morgan fingerprint density at radius 2 is 2.18 bits per heavy atom. The van der Waals surface area contributed by atoms with Crippen LogP contribution in [0.2, 0.25) is 0 Å². The molecule has 3 aliphatic carbocycles. The Morgan fingerprint density at radius 3 is 3.00 bits per heavy atom. The van der Waals surface area contributed by atoms with Gasteiger partial charge >= 0.3 is 0 Å². The van der Waals surface area contributed by atoms with Gasteiger partial charge in [0.05, 0.1) is 0 Å². The van der Waals surface area contributed by atoms with Gasteiger partial charge in [-0.2, -0.15) is 0 Å². The van der Waals surface area contributed by atoms with Crippen molar-refractivity contribution >= 4 is 0 Å². The molecule has 0 amide bonds. The van der Waals surface area contributed by atoms with Gasteiger partial charge in [-0.25, -0.2) is 0 Å². The van der Waals surface area contributed by atoms with E-state index in [2.05, 4.69) is 6.92 Å². The zero-order chi connectivity index (χ0) is 7.64. The molecule has 0 aromatic rings. The fraction of sp³-hybridized carbons (Fsp3) is 1.00. The first kappa shape index (κ1) is 6.47. The molecule has 5 unspecified atom stereocenters.